The third kappa shape index (κ3) is 3.41. The highest BCUT2D eigenvalue weighted by Crippen LogP contribution is 2.45. The molecule has 1 aromatic carbocycles. The number of alkyl halides is 3. The van der Waals surface area contributed by atoms with Crippen molar-refractivity contribution in [2.75, 3.05) is 25.0 Å². The number of nitrogens with zero attached hydrogens (tertiary/aromatic N) is 1. The van der Waals surface area contributed by atoms with E-state index < -0.39 is 12.1 Å². The first-order valence-electron chi connectivity index (χ1n) is 7.18. The smallest absolute Gasteiger partial charge is 0.475 e. The number of rotatable bonds is 0. The van der Waals surface area contributed by atoms with Crippen molar-refractivity contribution in [1.82, 2.24) is 5.32 Å². The van der Waals surface area contributed by atoms with Gasteiger partial charge in [0.1, 0.15) is 0 Å². The zero-order chi connectivity index (χ0) is 18.1. The zero-order valence-corrected chi connectivity index (χ0v) is 14.4. The molecule has 0 aliphatic carbocycles. The minimum atomic E-state index is -5.08. The number of anilines is 1. The summed E-state index contributed by atoms with van der Waals surface area (Å²) in [6, 6.07) is 6.13. The summed E-state index contributed by atoms with van der Waals surface area (Å²) < 4.78 is 32.8. The van der Waals surface area contributed by atoms with Gasteiger partial charge in [0, 0.05) is 23.8 Å². The van der Waals surface area contributed by atoms with E-state index in [1.54, 1.807) is 4.90 Å². The monoisotopic (exact) mass is 408 g/mol. The van der Waals surface area contributed by atoms with Crippen LogP contribution < -0.4 is 10.2 Å². The SMILES string of the molecule is CN1C(=O)C2(CCCNC2)c2cc(Br)ccc21.O=C(O)C(F)(F)F. The van der Waals surface area contributed by atoms with Gasteiger partial charge in [0.25, 0.3) is 0 Å². The van der Waals surface area contributed by atoms with E-state index >= 15 is 0 Å². The third-order valence-electron chi connectivity index (χ3n) is 4.18. The number of halogens is 4. The van der Waals surface area contributed by atoms with E-state index in [0.717, 1.165) is 36.1 Å². The molecule has 0 radical (unpaired) electrons. The highest BCUT2D eigenvalue weighted by atomic mass is 79.9. The van der Waals surface area contributed by atoms with Gasteiger partial charge in [-0.2, -0.15) is 13.2 Å². The maximum absolute atomic E-state index is 12.5. The van der Waals surface area contributed by atoms with Crippen molar-refractivity contribution in [3.8, 4) is 0 Å². The van der Waals surface area contributed by atoms with Gasteiger partial charge in [0.05, 0.1) is 5.41 Å². The van der Waals surface area contributed by atoms with Crippen LogP contribution in [-0.2, 0) is 15.0 Å². The lowest BCUT2D eigenvalue weighted by molar-refractivity contribution is -0.192. The molecule has 1 amide bonds. The summed E-state index contributed by atoms with van der Waals surface area (Å²) in [5.74, 6) is -2.52. The maximum Gasteiger partial charge on any atom is 0.490 e. The fraction of sp³-hybridized carbons (Fsp3) is 0.467. The number of carbonyl (C=O) groups is 2. The van der Waals surface area contributed by atoms with E-state index in [-0.39, 0.29) is 11.3 Å². The van der Waals surface area contributed by atoms with E-state index in [0.29, 0.717) is 0 Å². The number of benzene rings is 1. The van der Waals surface area contributed by atoms with Gasteiger partial charge in [-0.1, -0.05) is 15.9 Å². The van der Waals surface area contributed by atoms with Gasteiger partial charge in [0.2, 0.25) is 5.91 Å². The first-order chi connectivity index (χ1) is 11.1. The second-order valence-corrected chi connectivity index (χ2v) is 6.61. The molecule has 2 aliphatic heterocycles. The van der Waals surface area contributed by atoms with Crippen molar-refractivity contribution in [3.05, 3.63) is 28.2 Å². The molecule has 1 atom stereocenters. The third-order valence-corrected chi connectivity index (χ3v) is 4.67. The summed E-state index contributed by atoms with van der Waals surface area (Å²) in [6.07, 6.45) is -3.07. The van der Waals surface area contributed by atoms with Gasteiger partial charge in [0.15, 0.2) is 0 Å². The second-order valence-electron chi connectivity index (χ2n) is 5.69. The summed E-state index contributed by atoms with van der Waals surface area (Å²) in [6.45, 7) is 1.78. The predicted molar refractivity (Wildman–Crippen MR) is 85.0 cm³/mol. The molecular formula is C15H16BrF3N2O3. The van der Waals surface area contributed by atoms with Crippen LogP contribution in [0, 0.1) is 0 Å². The van der Waals surface area contributed by atoms with Crippen LogP contribution in [0.15, 0.2) is 22.7 Å². The van der Waals surface area contributed by atoms with E-state index in [9.17, 15) is 18.0 Å². The highest BCUT2D eigenvalue weighted by Gasteiger charge is 2.50. The van der Waals surface area contributed by atoms with Crippen molar-refractivity contribution < 1.29 is 27.9 Å². The molecule has 1 aromatic rings. The molecule has 1 saturated heterocycles. The minimum Gasteiger partial charge on any atom is -0.475 e. The van der Waals surface area contributed by atoms with Crippen LogP contribution in [0.2, 0.25) is 0 Å². The van der Waals surface area contributed by atoms with Crippen molar-refractivity contribution in [2.24, 2.45) is 0 Å². The Balaban J connectivity index is 0.000000256. The van der Waals surface area contributed by atoms with Crippen LogP contribution >= 0.6 is 15.9 Å². The van der Waals surface area contributed by atoms with Gasteiger partial charge in [-0.05, 0) is 43.1 Å². The van der Waals surface area contributed by atoms with Crippen molar-refractivity contribution >= 4 is 33.5 Å². The molecule has 24 heavy (non-hydrogen) atoms. The molecular weight excluding hydrogens is 393 g/mol. The number of carboxylic acid groups (broad SMARTS) is 1. The first kappa shape index (κ1) is 18.7. The molecule has 2 aliphatic rings. The average molecular weight is 409 g/mol. The predicted octanol–water partition coefficient (Wildman–Crippen LogP) is 2.68. The Morgan fingerprint density at radius 1 is 1.42 bits per heavy atom. The number of aliphatic carboxylic acids is 1. The topological polar surface area (TPSA) is 69.6 Å². The number of amides is 1. The number of carbonyl (C=O) groups excluding carboxylic acids is 1. The van der Waals surface area contributed by atoms with Crippen LogP contribution in [0.1, 0.15) is 18.4 Å². The quantitative estimate of drug-likeness (QED) is 0.692. The molecule has 2 N–H and O–H groups in total. The van der Waals surface area contributed by atoms with Crippen LogP contribution in [0.3, 0.4) is 0 Å². The fourth-order valence-corrected chi connectivity index (χ4v) is 3.41. The summed E-state index contributed by atoms with van der Waals surface area (Å²) in [5, 5.41) is 10.5. The van der Waals surface area contributed by atoms with Crippen LogP contribution in [0.5, 0.6) is 0 Å². The molecule has 0 bridgehead atoms. The molecule has 1 unspecified atom stereocenters. The summed E-state index contributed by atoms with van der Waals surface area (Å²) in [7, 11) is 1.87. The summed E-state index contributed by atoms with van der Waals surface area (Å²) in [5.41, 5.74) is 1.90. The lowest BCUT2D eigenvalue weighted by Gasteiger charge is -2.32. The maximum atomic E-state index is 12.5. The average Bonchev–Trinajstić information content (AvgIpc) is 2.70. The highest BCUT2D eigenvalue weighted by molar-refractivity contribution is 9.10. The van der Waals surface area contributed by atoms with E-state index in [1.807, 2.05) is 19.2 Å². The largest absolute Gasteiger partial charge is 0.490 e. The van der Waals surface area contributed by atoms with Crippen molar-refractivity contribution in [3.63, 3.8) is 0 Å². The number of hydrogen-bond donors (Lipinski definition) is 2. The Morgan fingerprint density at radius 2 is 2.04 bits per heavy atom. The van der Waals surface area contributed by atoms with E-state index in [4.69, 9.17) is 9.90 Å². The Hall–Kier alpha value is -1.61. The van der Waals surface area contributed by atoms with Gasteiger partial charge < -0.3 is 15.3 Å². The number of fused-ring (bicyclic) bond motifs is 2. The molecule has 1 spiro atoms. The molecule has 0 saturated carbocycles. The van der Waals surface area contributed by atoms with Crippen LogP contribution in [0.25, 0.3) is 0 Å². The Labute approximate surface area is 145 Å². The van der Waals surface area contributed by atoms with Gasteiger partial charge in [-0.25, -0.2) is 4.79 Å². The Kier molecular flexibility index (Phi) is 5.24. The molecule has 9 heteroatoms. The first-order valence-corrected chi connectivity index (χ1v) is 7.98. The number of piperidine rings is 1. The number of likely N-dealkylation sites (N-methyl/N-ethyl adjacent to an activating group) is 1. The second kappa shape index (κ2) is 6.72. The molecule has 132 valence electrons. The molecule has 5 nitrogen and oxygen atoms in total. The Morgan fingerprint density at radius 3 is 2.54 bits per heavy atom. The molecule has 3 rings (SSSR count). The van der Waals surface area contributed by atoms with E-state index in [2.05, 4.69) is 27.3 Å². The van der Waals surface area contributed by atoms with Gasteiger partial charge in [-0.15, -0.1) is 0 Å². The lowest BCUT2D eigenvalue weighted by atomic mass is 9.76. The standard InChI is InChI=1S/C13H15BrN2O.C2HF3O2/c1-16-11-4-3-9(14)7-10(11)13(12(16)17)5-2-6-15-8-13;3-2(4,5)1(6)7/h3-4,7,15H,2,5-6,8H2,1H3;(H,6,7). The van der Waals surface area contributed by atoms with Crippen molar-refractivity contribution in [2.45, 2.75) is 24.4 Å². The number of nitrogens with one attached hydrogen (secondary N) is 1. The van der Waals surface area contributed by atoms with E-state index in [1.165, 1.54) is 5.56 Å². The Bertz CT molecular complexity index is 658. The summed E-state index contributed by atoms with van der Waals surface area (Å²) in [4.78, 5) is 23.2. The summed E-state index contributed by atoms with van der Waals surface area (Å²) >= 11 is 3.50. The zero-order valence-electron chi connectivity index (χ0n) is 12.8. The molecule has 0 aromatic heterocycles. The van der Waals surface area contributed by atoms with Crippen LogP contribution in [-0.4, -0.2) is 43.3 Å². The minimum absolute atomic E-state index is 0.234. The molecule has 1 fully saturated rings. The number of carboxylic acids is 1. The van der Waals surface area contributed by atoms with Crippen molar-refractivity contribution in [1.29, 1.82) is 0 Å². The lowest BCUT2D eigenvalue weighted by Crippen LogP contribution is -2.49. The van der Waals surface area contributed by atoms with Gasteiger partial charge >= 0.3 is 12.1 Å². The normalized spacial score (nSPS) is 22.9. The van der Waals surface area contributed by atoms with Gasteiger partial charge in [-0.3, -0.25) is 4.79 Å². The molecule has 2 heterocycles. The van der Waals surface area contributed by atoms with Crippen LogP contribution in [0.4, 0.5) is 18.9 Å². The fourth-order valence-electron chi connectivity index (χ4n) is 3.05. The number of hydrogen-bond acceptors (Lipinski definition) is 3.